The van der Waals surface area contributed by atoms with Crippen LogP contribution < -0.4 is 10.6 Å². The highest BCUT2D eigenvalue weighted by Gasteiger charge is 2.17. The van der Waals surface area contributed by atoms with Gasteiger partial charge < -0.3 is 10.6 Å². The van der Waals surface area contributed by atoms with Crippen molar-refractivity contribution in [2.75, 3.05) is 23.7 Å². The highest BCUT2D eigenvalue weighted by atomic mass is 15.1. The first-order valence-electron chi connectivity index (χ1n) is 6.44. The third-order valence-electron chi connectivity index (χ3n) is 3.38. The van der Waals surface area contributed by atoms with Gasteiger partial charge in [-0.3, -0.25) is 0 Å². The minimum atomic E-state index is 0.895. The summed E-state index contributed by atoms with van der Waals surface area (Å²) in [6.07, 6.45) is 6.51. The van der Waals surface area contributed by atoms with Crippen LogP contribution in [0.4, 0.5) is 11.4 Å². The molecule has 0 aliphatic carbocycles. The lowest BCUT2D eigenvalue weighted by atomic mass is 10.1. The topological polar surface area (TPSA) is 29.3 Å². The molecule has 0 bridgehead atoms. The van der Waals surface area contributed by atoms with Gasteiger partial charge in [-0.05, 0) is 36.6 Å². The number of anilines is 2. The lowest BCUT2D eigenvalue weighted by Crippen LogP contribution is -2.21. The van der Waals surface area contributed by atoms with E-state index in [-0.39, 0.29) is 0 Å². The zero-order valence-corrected chi connectivity index (χ0v) is 10.2. The SMILES string of the molecule is CCCCCCN1CCc2cc(N)ccc21. The minimum absolute atomic E-state index is 0.895. The second-order valence-corrected chi connectivity index (χ2v) is 4.69. The first-order chi connectivity index (χ1) is 7.81. The summed E-state index contributed by atoms with van der Waals surface area (Å²) < 4.78 is 0. The van der Waals surface area contributed by atoms with E-state index >= 15 is 0 Å². The van der Waals surface area contributed by atoms with Gasteiger partial charge in [0.2, 0.25) is 0 Å². The highest BCUT2D eigenvalue weighted by molar-refractivity contribution is 5.62. The van der Waals surface area contributed by atoms with Crippen LogP contribution in [0.25, 0.3) is 0 Å². The van der Waals surface area contributed by atoms with Gasteiger partial charge in [0.05, 0.1) is 0 Å². The van der Waals surface area contributed by atoms with Crippen LogP contribution in [0.2, 0.25) is 0 Å². The van der Waals surface area contributed by atoms with Crippen LogP contribution in [0, 0.1) is 0 Å². The molecule has 16 heavy (non-hydrogen) atoms. The number of nitrogens with zero attached hydrogens (tertiary/aromatic N) is 1. The molecule has 0 saturated heterocycles. The fraction of sp³-hybridized carbons (Fsp3) is 0.571. The van der Waals surface area contributed by atoms with E-state index < -0.39 is 0 Å². The van der Waals surface area contributed by atoms with Gasteiger partial charge in [0.1, 0.15) is 0 Å². The fourth-order valence-corrected chi connectivity index (χ4v) is 2.45. The lowest BCUT2D eigenvalue weighted by molar-refractivity contribution is 0.651. The van der Waals surface area contributed by atoms with E-state index in [1.54, 1.807) is 0 Å². The number of rotatable bonds is 5. The summed E-state index contributed by atoms with van der Waals surface area (Å²) in [6, 6.07) is 6.32. The zero-order chi connectivity index (χ0) is 11.4. The molecule has 0 aromatic heterocycles. The van der Waals surface area contributed by atoms with E-state index in [0.717, 1.165) is 12.1 Å². The maximum atomic E-state index is 5.80. The Bertz CT molecular complexity index is 347. The fourth-order valence-electron chi connectivity index (χ4n) is 2.45. The molecule has 1 aromatic carbocycles. The van der Waals surface area contributed by atoms with Crippen molar-refractivity contribution in [2.45, 2.75) is 39.0 Å². The number of hydrogen-bond donors (Lipinski definition) is 1. The molecule has 88 valence electrons. The van der Waals surface area contributed by atoms with Gasteiger partial charge in [-0.25, -0.2) is 0 Å². The molecule has 0 unspecified atom stereocenters. The molecule has 1 aromatic rings. The largest absolute Gasteiger partial charge is 0.399 e. The van der Waals surface area contributed by atoms with Gasteiger partial charge in [0.15, 0.2) is 0 Å². The molecule has 1 aliphatic heterocycles. The van der Waals surface area contributed by atoms with Crippen LogP contribution in [0.5, 0.6) is 0 Å². The molecule has 2 rings (SSSR count). The van der Waals surface area contributed by atoms with Crippen LogP contribution in [0.15, 0.2) is 18.2 Å². The average Bonchev–Trinajstić information content (AvgIpc) is 2.67. The number of nitrogen functional groups attached to an aromatic ring is 1. The summed E-state index contributed by atoms with van der Waals surface area (Å²) >= 11 is 0. The predicted molar refractivity (Wildman–Crippen MR) is 70.9 cm³/mol. The third-order valence-corrected chi connectivity index (χ3v) is 3.38. The minimum Gasteiger partial charge on any atom is -0.399 e. The van der Waals surface area contributed by atoms with Crippen LogP contribution in [0.3, 0.4) is 0 Å². The lowest BCUT2D eigenvalue weighted by Gasteiger charge is -2.19. The van der Waals surface area contributed by atoms with Crippen molar-refractivity contribution in [1.29, 1.82) is 0 Å². The molecule has 2 heteroatoms. The monoisotopic (exact) mass is 218 g/mol. The summed E-state index contributed by atoms with van der Waals surface area (Å²) in [5.41, 5.74) is 9.53. The number of benzene rings is 1. The zero-order valence-electron chi connectivity index (χ0n) is 10.2. The van der Waals surface area contributed by atoms with E-state index in [1.165, 1.54) is 50.0 Å². The van der Waals surface area contributed by atoms with E-state index in [2.05, 4.69) is 24.0 Å². The van der Waals surface area contributed by atoms with Gasteiger partial charge in [0, 0.05) is 24.5 Å². The van der Waals surface area contributed by atoms with Crippen molar-refractivity contribution in [3.8, 4) is 0 Å². The molecule has 0 saturated carbocycles. The van der Waals surface area contributed by atoms with Crippen LogP contribution >= 0.6 is 0 Å². The predicted octanol–water partition coefficient (Wildman–Crippen LogP) is 3.21. The summed E-state index contributed by atoms with van der Waals surface area (Å²) in [4.78, 5) is 2.50. The Balaban J connectivity index is 1.91. The van der Waals surface area contributed by atoms with Gasteiger partial charge >= 0.3 is 0 Å². The molecule has 0 amide bonds. The maximum absolute atomic E-state index is 5.80. The summed E-state index contributed by atoms with van der Waals surface area (Å²) in [7, 11) is 0. The standard InChI is InChI=1S/C14H22N2/c1-2-3-4-5-9-16-10-8-12-11-13(15)6-7-14(12)16/h6-7,11H,2-5,8-10,15H2,1H3. The molecule has 1 heterocycles. The first kappa shape index (κ1) is 11.3. The Hall–Kier alpha value is -1.18. The molecule has 2 nitrogen and oxygen atoms in total. The van der Waals surface area contributed by atoms with Crippen molar-refractivity contribution in [3.05, 3.63) is 23.8 Å². The molecule has 2 N–H and O–H groups in total. The first-order valence-corrected chi connectivity index (χ1v) is 6.44. The van der Waals surface area contributed by atoms with Crippen molar-refractivity contribution in [3.63, 3.8) is 0 Å². The van der Waals surface area contributed by atoms with Gasteiger partial charge in [0.25, 0.3) is 0 Å². The molecule has 1 aliphatic rings. The molecule has 0 atom stereocenters. The Morgan fingerprint density at radius 2 is 2.12 bits per heavy atom. The van der Waals surface area contributed by atoms with E-state index in [9.17, 15) is 0 Å². The molecule has 0 radical (unpaired) electrons. The van der Waals surface area contributed by atoms with Gasteiger partial charge in [-0.1, -0.05) is 26.2 Å². The van der Waals surface area contributed by atoms with Crippen LogP contribution in [0.1, 0.15) is 38.2 Å². The van der Waals surface area contributed by atoms with Crippen molar-refractivity contribution in [1.82, 2.24) is 0 Å². The molecular formula is C14H22N2. The summed E-state index contributed by atoms with van der Waals surface area (Å²) in [6.45, 7) is 4.63. The number of hydrogen-bond acceptors (Lipinski definition) is 2. The number of nitrogens with two attached hydrogens (primary N) is 1. The highest BCUT2D eigenvalue weighted by Crippen LogP contribution is 2.29. The third kappa shape index (κ3) is 2.49. The maximum Gasteiger partial charge on any atom is 0.0401 e. The summed E-state index contributed by atoms with van der Waals surface area (Å²) in [5, 5.41) is 0. The van der Waals surface area contributed by atoms with Crippen LogP contribution in [-0.2, 0) is 6.42 Å². The second-order valence-electron chi connectivity index (χ2n) is 4.69. The van der Waals surface area contributed by atoms with Crippen LogP contribution in [-0.4, -0.2) is 13.1 Å². The van der Waals surface area contributed by atoms with E-state index in [0.29, 0.717) is 0 Å². The normalized spacial score (nSPS) is 14.2. The van der Waals surface area contributed by atoms with E-state index in [4.69, 9.17) is 5.73 Å². The quantitative estimate of drug-likeness (QED) is 0.607. The second kappa shape index (κ2) is 5.24. The average molecular weight is 218 g/mol. The Labute approximate surface area is 98.4 Å². The van der Waals surface area contributed by atoms with E-state index in [1.807, 2.05) is 6.07 Å². The molecule has 0 fully saturated rings. The van der Waals surface area contributed by atoms with Crippen molar-refractivity contribution < 1.29 is 0 Å². The molecule has 0 spiro atoms. The van der Waals surface area contributed by atoms with Crippen molar-refractivity contribution in [2.24, 2.45) is 0 Å². The Kier molecular flexibility index (Phi) is 3.70. The number of unbranched alkanes of at least 4 members (excludes halogenated alkanes) is 3. The Morgan fingerprint density at radius 1 is 1.25 bits per heavy atom. The molecular weight excluding hydrogens is 196 g/mol. The number of fused-ring (bicyclic) bond motifs is 1. The Morgan fingerprint density at radius 3 is 2.94 bits per heavy atom. The smallest absolute Gasteiger partial charge is 0.0401 e. The van der Waals surface area contributed by atoms with Gasteiger partial charge in [-0.2, -0.15) is 0 Å². The summed E-state index contributed by atoms with van der Waals surface area (Å²) in [5.74, 6) is 0. The van der Waals surface area contributed by atoms with Crippen molar-refractivity contribution >= 4 is 11.4 Å². The van der Waals surface area contributed by atoms with Gasteiger partial charge in [-0.15, -0.1) is 0 Å².